The molecule has 0 amide bonds. The third-order valence-electron chi connectivity index (χ3n) is 5.58. The first-order valence-corrected chi connectivity index (χ1v) is 10.2. The maximum atomic E-state index is 13.1. The summed E-state index contributed by atoms with van der Waals surface area (Å²) in [6, 6.07) is 3.90. The van der Waals surface area contributed by atoms with Crippen molar-refractivity contribution in [2.75, 3.05) is 37.4 Å². The number of aryl methyl sites for hydroxylation is 1. The van der Waals surface area contributed by atoms with E-state index in [1.807, 2.05) is 0 Å². The lowest BCUT2D eigenvalue weighted by Gasteiger charge is -2.37. The first-order chi connectivity index (χ1) is 14.3. The Morgan fingerprint density at radius 3 is 2.70 bits per heavy atom. The van der Waals surface area contributed by atoms with Gasteiger partial charge < -0.3 is 15.8 Å². The van der Waals surface area contributed by atoms with Crippen LogP contribution in [0.2, 0.25) is 5.28 Å². The summed E-state index contributed by atoms with van der Waals surface area (Å²) in [6.07, 6.45) is -1.93. The highest BCUT2D eigenvalue weighted by atomic mass is 35.5. The summed E-state index contributed by atoms with van der Waals surface area (Å²) in [5.41, 5.74) is 7.26. The summed E-state index contributed by atoms with van der Waals surface area (Å²) in [4.78, 5) is 11.1. The number of alkyl halides is 3. The average Bonchev–Trinajstić information content (AvgIpc) is 2.71. The second-order valence-corrected chi connectivity index (χ2v) is 7.96. The van der Waals surface area contributed by atoms with Crippen LogP contribution in [0.5, 0.6) is 0 Å². The van der Waals surface area contributed by atoms with Crippen molar-refractivity contribution in [1.29, 1.82) is 0 Å². The summed E-state index contributed by atoms with van der Waals surface area (Å²) >= 11 is 6.10. The lowest BCUT2D eigenvalue weighted by atomic mass is 9.90. The second kappa shape index (κ2) is 8.56. The number of nitrogen functional groups attached to an aromatic ring is 1. The Bertz CT molecular complexity index is 918. The predicted octanol–water partition coefficient (Wildman–Crippen LogP) is 3.53. The van der Waals surface area contributed by atoms with Gasteiger partial charge in [-0.3, -0.25) is 4.90 Å². The zero-order chi connectivity index (χ0) is 21.3. The molecule has 6 nitrogen and oxygen atoms in total. The van der Waals surface area contributed by atoms with Crippen molar-refractivity contribution in [2.45, 2.75) is 38.0 Å². The fourth-order valence-corrected chi connectivity index (χ4v) is 4.32. The Morgan fingerprint density at radius 2 is 1.97 bits per heavy atom. The lowest BCUT2D eigenvalue weighted by molar-refractivity contribution is -0.137. The molecule has 30 heavy (non-hydrogen) atoms. The van der Waals surface area contributed by atoms with E-state index >= 15 is 0 Å². The molecule has 1 aromatic carbocycles. The quantitative estimate of drug-likeness (QED) is 0.558. The van der Waals surface area contributed by atoms with Crippen molar-refractivity contribution in [2.24, 2.45) is 0 Å². The number of nitrogens with two attached hydrogens (primary N) is 1. The number of nitrogens with one attached hydrogen (secondary N) is 1. The van der Waals surface area contributed by atoms with Crippen molar-refractivity contribution < 1.29 is 17.9 Å². The fourth-order valence-electron chi connectivity index (χ4n) is 4.13. The van der Waals surface area contributed by atoms with E-state index in [-0.39, 0.29) is 17.5 Å². The number of ether oxygens (including phenoxy) is 1. The molecule has 162 valence electrons. The molecule has 3 N–H and O–H groups in total. The van der Waals surface area contributed by atoms with Crippen LogP contribution in [0.4, 0.5) is 24.7 Å². The highest BCUT2D eigenvalue weighted by Gasteiger charge is 2.31. The molecule has 0 radical (unpaired) electrons. The molecule has 0 bridgehead atoms. The predicted molar refractivity (Wildman–Crippen MR) is 108 cm³/mol. The van der Waals surface area contributed by atoms with Crippen molar-refractivity contribution in [3.63, 3.8) is 0 Å². The van der Waals surface area contributed by atoms with Gasteiger partial charge in [-0.05, 0) is 54.6 Å². The Labute approximate surface area is 177 Å². The van der Waals surface area contributed by atoms with Gasteiger partial charge >= 0.3 is 6.18 Å². The number of halogens is 4. The molecule has 1 atom stereocenters. The third-order valence-corrected chi connectivity index (χ3v) is 5.75. The number of benzene rings is 1. The standard InChI is InChI=1S/C20H23ClF3N5O/c21-19-27-17-2-1-15(29-3-5-30-6-4-29)10-16(17)18(28-19)26-11-12-7-13(20(22,23)24)9-14(25)8-12/h7-9,15H,1-6,10-11,25H2,(H,26,27,28). The molecule has 2 aliphatic rings. The van der Waals surface area contributed by atoms with Crippen LogP contribution in [0.1, 0.15) is 28.8 Å². The number of anilines is 2. The molecule has 1 aliphatic heterocycles. The Kier molecular flexibility index (Phi) is 6.04. The van der Waals surface area contributed by atoms with Crippen LogP contribution in [0, 0.1) is 0 Å². The van der Waals surface area contributed by atoms with Gasteiger partial charge in [-0.1, -0.05) is 0 Å². The zero-order valence-electron chi connectivity index (χ0n) is 16.3. The number of rotatable bonds is 4. The zero-order valence-corrected chi connectivity index (χ0v) is 17.1. The first-order valence-electron chi connectivity index (χ1n) is 9.87. The minimum absolute atomic E-state index is 0.0664. The molecule has 1 aliphatic carbocycles. The smallest absolute Gasteiger partial charge is 0.399 e. The lowest BCUT2D eigenvalue weighted by Crippen LogP contribution is -2.46. The molecule has 1 unspecified atom stereocenters. The van der Waals surface area contributed by atoms with E-state index in [0.29, 0.717) is 17.4 Å². The number of hydrogen-bond acceptors (Lipinski definition) is 6. The van der Waals surface area contributed by atoms with E-state index in [1.165, 1.54) is 6.07 Å². The Morgan fingerprint density at radius 1 is 1.20 bits per heavy atom. The molecule has 0 spiro atoms. The fraction of sp³-hybridized carbons (Fsp3) is 0.500. The minimum Gasteiger partial charge on any atom is -0.399 e. The van der Waals surface area contributed by atoms with E-state index in [2.05, 4.69) is 20.2 Å². The van der Waals surface area contributed by atoms with Gasteiger partial charge in [0.1, 0.15) is 5.82 Å². The van der Waals surface area contributed by atoms with Crippen molar-refractivity contribution in [3.8, 4) is 0 Å². The molecular weight excluding hydrogens is 419 g/mol. The third kappa shape index (κ3) is 4.79. The summed E-state index contributed by atoms with van der Waals surface area (Å²) in [6.45, 7) is 3.38. The molecule has 2 heterocycles. The summed E-state index contributed by atoms with van der Waals surface area (Å²) in [5, 5.41) is 3.29. The first kappa shape index (κ1) is 21.1. The number of nitrogens with zero attached hydrogens (tertiary/aromatic N) is 3. The van der Waals surface area contributed by atoms with Crippen LogP contribution < -0.4 is 11.1 Å². The Balaban J connectivity index is 1.54. The number of morpholine rings is 1. The summed E-state index contributed by atoms with van der Waals surface area (Å²) in [5.74, 6) is 0.568. The van der Waals surface area contributed by atoms with Crippen LogP contribution in [0.15, 0.2) is 18.2 Å². The molecule has 0 saturated carbocycles. The van der Waals surface area contributed by atoms with Gasteiger partial charge in [0.25, 0.3) is 0 Å². The van der Waals surface area contributed by atoms with Crippen molar-refractivity contribution in [1.82, 2.24) is 14.9 Å². The number of fused-ring (bicyclic) bond motifs is 1. The summed E-state index contributed by atoms with van der Waals surface area (Å²) in [7, 11) is 0. The van der Waals surface area contributed by atoms with Crippen LogP contribution in [-0.4, -0.2) is 47.2 Å². The van der Waals surface area contributed by atoms with E-state index in [0.717, 1.165) is 69.0 Å². The molecule has 1 fully saturated rings. The van der Waals surface area contributed by atoms with Gasteiger partial charge in [-0.2, -0.15) is 13.2 Å². The minimum atomic E-state index is -4.45. The number of aromatic nitrogens is 2. The Hall–Kier alpha value is -2.10. The molecule has 4 rings (SSSR count). The monoisotopic (exact) mass is 441 g/mol. The van der Waals surface area contributed by atoms with Crippen LogP contribution in [-0.2, 0) is 30.3 Å². The molecule has 2 aromatic rings. The SMILES string of the molecule is Nc1cc(CNc2nc(Cl)nc3c2CC(N2CCOCC2)CC3)cc(C(F)(F)F)c1. The van der Waals surface area contributed by atoms with Crippen LogP contribution in [0.25, 0.3) is 0 Å². The number of hydrogen-bond donors (Lipinski definition) is 2. The van der Waals surface area contributed by atoms with E-state index in [4.69, 9.17) is 22.1 Å². The second-order valence-electron chi connectivity index (χ2n) is 7.63. The molecular formula is C20H23ClF3N5O. The van der Waals surface area contributed by atoms with Crippen molar-refractivity contribution >= 4 is 23.1 Å². The topological polar surface area (TPSA) is 76.3 Å². The average molecular weight is 442 g/mol. The van der Waals surface area contributed by atoms with E-state index < -0.39 is 11.7 Å². The van der Waals surface area contributed by atoms with E-state index in [9.17, 15) is 13.2 Å². The van der Waals surface area contributed by atoms with Gasteiger partial charge in [0, 0.05) is 36.9 Å². The molecule has 10 heteroatoms. The van der Waals surface area contributed by atoms with Gasteiger partial charge in [0.2, 0.25) is 5.28 Å². The molecule has 1 aromatic heterocycles. The van der Waals surface area contributed by atoms with Crippen molar-refractivity contribution in [3.05, 3.63) is 45.9 Å². The highest BCUT2D eigenvalue weighted by Crippen LogP contribution is 2.32. The van der Waals surface area contributed by atoms with Crippen LogP contribution in [0.3, 0.4) is 0 Å². The highest BCUT2D eigenvalue weighted by molar-refractivity contribution is 6.28. The molecule has 1 saturated heterocycles. The van der Waals surface area contributed by atoms with Crippen LogP contribution >= 0.6 is 11.6 Å². The maximum absolute atomic E-state index is 13.1. The van der Waals surface area contributed by atoms with Gasteiger partial charge in [0.05, 0.1) is 24.5 Å². The van der Waals surface area contributed by atoms with Gasteiger partial charge in [-0.25, -0.2) is 9.97 Å². The van der Waals surface area contributed by atoms with E-state index in [1.54, 1.807) is 0 Å². The largest absolute Gasteiger partial charge is 0.416 e. The van der Waals surface area contributed by atoms with Gasteiger partial charge in [0.15, 0.2) is 0 Å². The van der Waals surface area contributed by atoms with Gasteiger partial charge in [-0.15, -0.1) is 0 Å². The normalized spacial score (nSPS) is 20.1. The maximum Gasteiger partial charge on any atom is 0.416 e. The summed E-state index contributed by atoms with van der Waals surface area (Å²) < 4.78 is 44.7.